The molecule has 21 heavy (non-hydrogen) atoms. The second-order valence-corrected chi connectivity index (χ2v) is 6.41. The molecule has 118 valence electrons. The van der Waals surface area contributed by atoms with Gasteiger partial charge in [0, 0.05) is 24.2 Å². The number of rotatable bonds is 11. The average molecular weight is 358 g/mol. The van der Waals surface area contributed by atoms with Crippen molar-refractivity contribution < 1.29 is 14.6 Å². The van der Waals surface area contributed by atoms with Gasteiger partial charge in [-0.3, -0.25) is 0 Å². The Bertz CT molecular complexity index is 395. The van der Waals surface area contributed by atoms with Crippen LogP contribution >= 0.6 is 15.9 Å². The molecule has 4 nitrogen and oxygen atoms in total. The smallest absolute Gasteiger partial charge is 0.119 e. The van der Waals surface area contributed by atoms with E-state index in [9.17, 15) is 5.11 Å². The summed E-state index contributed by atoms with van der Waals surface area (Å²) in [6.07, 6.45) is 3.15. The summed E-state index contributed by atoms with van der Waals surface area (Å²) < 4.78 is 12.1. The summed E-state index contributed by atoms with van der Waals surface area (Å²) in [6, 6.07) is 7.59. The molecule has 0 amide bonds. The molecule has 2 N–H and O–H groups in total. The molecule has 0 bridgehead atoms. The Kier molecular flexibility index (Phi) is 7.50. The molecule has 0 aliphatic heterocycles. The Morgan fingerprint density at radius 2 is 2.05 bits per heavy atom. The molecule has 5 heteroatoms. The van der Waals surface area contributed by atoms with Gasteiger partial charge < -0.3 is 19.9 Å². The van der Waals surface area contributed by atoms with Crippen LogP contribution in [0.2, 0.25) is 0 Å². The summed E-state index contributed by atoms with van der Waals surface area (Å²) in [4.78, 5) is 0. The van der Waals surface area contributed by atoms with Crippen molar-refractivity contribution in [3.05, 3.63) is 28.7 Å². The zero-order valence-corrected chi connectivity index (χ0v) is 13.8. The molecule has 2 rings (SSSR count). The van der Waals surface area contributed by atoms with E-state index in [-0.39, 0.29) is 0 Å². The van der Waals surface area contributed by atoms with Crippen LogP contribution < -0.4 is 10.1 Å². The largest absolute Gasteiger partial charge is 0.491 e. The Morgan fingerprint density at radius 1 is 1.29 bits per heavy atom. The molecular formula is C16H24BrNO3. The maximum absolute atomic E-state index is 9.82. The van der Waals surface area contributed by atoms with Crippen LogP contribution in [-0.2, 0) is 4.74 Å². The summed E-state index contributed by atoms with van der Waals surface area (Å²) >= 11 is 3.37. The van der Waals surface area contributed by atoms with Gasteiger partial charge in [0.05, 0.1) is 0 Å². The number of aliphatic hydroxyl groups is 1. The number of hydrogen-bond acceptors (Lipinski definition) is 4. The van der Waals surface area contributed by atoms with Crippen LogP contribution in [0.25, 0.3) is 0 Å². The average Bonchev–Trinajstić information content (AvgIpc) is 3.30. The first-order valence-corrected chi connectivity index (χ1v) is 8.38. The van der Waals surface area contributed by atoms with Crippen molar-refractivity contribution in [1.82, 2.24) is 5.32 Å². The summed E-state index contributed by atoms with van der Waals surface area (Å²) in [5, 5.41) is 13.0. The maximum Gasteiger partial charge on any atom is 0.119 e. The zero-order valence-electron chi connectivity index (χ0n) is 12.3. The van der Waals surface area contributed by atoms with Crippen LogP contribution in [0, 0.1) is 5.92 Å². The predicted molar refractivity (Wildman–Crippen MR) is 86.7 cm³/mol. The standard InChI is InChI=1S/C16H24BrNO3/c17-14-4-6-16(7-5-14)21-12-15(19)10-18-8-1-9-20-11-13-2-3-13/h4-7,13,15,18-19H,1-3,8-12H2. The van der Waals surface area contributed by atoms with Gasteiger partial charge in [0.15, 0.2) is 0 Å². The van der Waals surface area contributed by atoms with Crippen molar-refractivity contribution in [3.8, 4) is 5.75 Å². The lowest BCUT2D eigenvalue weighted by molar-refractivity contribution is 0.102. The van der Waals surface area contributed by atoms with Crippen LogP contribution in [0.3, 0.4) is 0 Å². The first-order valence-electron chi connectivity index (χ1n) is 7.59. The molecule has 0 spiro atoms. The lowest BCUT2D eigenvalue weighted by atomic mass is 10.3. The van der Waals surface area contributed by atoms with Gasteiger partial charge in [-0.2, -0.15) is 0 Å². The van der Waals surface area contributed by atoms with Gasteiger partial charge in [-0.05, 0) is 56.0 Å². The number of ether oxygens (including phenoxy) is 2. The number of nitrogens with one attached hydrogen (secondary N) is 1. The van der Waals surface area contributed by atoms with E-state index in [2.05, 4.69) is 21.2 Å². The van der Waals surface area contributed by atoms with E-state index in [1.54, 1.807) is 0 Å². The molecule has 1 aliphatic carbocycles. The molecule has 0 radical (unpaired) electrons. The van der Waals surface area contributed by atoms with Gasteiger partial charge in [0.1, 0.15) is 18.5 Å². The minimum atomic E-state index is -0.499. The molecule has 0 heterocycles. The van der Waals surface area contributed by atoms with Crippen molar-refractivity contribution in [2.75, 3.05) is 32.9 Å². The van der Waals surface area contributed by atoms with Gasteiger partial charge in [0.2, 0.25) is 0 Å². The van der Waals surface area contributed by atoms with Gasteiger partial charge >= 0.3 is 0 Å². The van der Waals surface area contributed by atoms with Crippen molar-refractivity contribution >= 4 is 15.9 Å². The topological polar surface area (TPSA) is 50.7 Å². The Labute approximate surface area is 135 Å². The quantitative estimate of drug-likeness (QED) is 0.597. The Hall–Kier alpha value is -0.620. The molecule has 1 unspecified atom stereocenters. The number of aliphatic hydroxyl groups excluding tert-OH is 1. The molecule has 1 aromatic rings. The first-order chi connectivity index (χ1) is 10.2. The molecule has 1 fully saturated rings. The van der Waals surface area contributed by atoms with Gasteiger partial charge in [0.25, 0.3) is 0 Å². The van der Waals surface area contributed by atoms with E-state index >= 15 is 0 Å². The van der Waals surface area contributed by atoms with Crippen molar-refractivity contribution in [3.63, 3.8) is 0 Å². The minimum absolute atomic E-state index is 0.298. The second kappa shape index (κ2) is 9.41. The van der Waals surface area contributed by atoms with Crippen LogP contribution in [-0.4, -0.2) is 44.1 Å². The zero-order chi connectivity index (χ0) is 14.9. The van der Waals surface area contributed by atoms with Gasteiger partial charge in [-0.15, -0.1) is 0 Å². The highest BCUT2D eigenvalue weighted by Crippen LogP contribution is 2.28. The summed E-state index contributed by atoms with van der Waals surface area (Å²) in [5.41, 5.74) is 0. The molecular weight excluding hydrogens is 334 g/mol. The van der Waals surface area contributed by atoms with E-state index in [0.29, 0.717) is 13.2 Å². The molecule has 1 aliphatic rings. The summed E-state index contributed by atoms with van der Waals surface area (Å²) in [5.74, 6) is 1.60. The molecule has 1 saturated carbocycles. The molecule has 1 atom stereocenters. The number of benzene rings is 1. The van der Waals surface area contributed by atoms with Gasteiger partial charge in [-0.25, -0.2) is 0 Å². The van der Waals surface area contributed by atoms with Crippen molar-refractivity contribution in [2.45, 2.75) is 25.4 Å². The van der Waals surface area contributed by atoms with E-state index in [1.165, 1.54) is 12.8 Å². The van der Waals surface area contributed by atoms with Crippen LogP contribution in [0.1, 0.15) is 19.3 Å². The van der Waals surface area contributed by atoms with Crippen molar-refractivity contribution in [2.24, 2.45) is 5.92 Å². The first kappa shape index (κ1) is 16.7. The third-order valence-electron chi connectivity index (χ3n) is 3.33. The second-order valence-electron chi connectivity index (χ2n) is 5.49. The molecule has 1 aromatic carbocycles. The molecule has 0 saturated heterocycles. The summed E-state index contributed by atoms with van der Waals surface area (Å²) in [7, 11) is 0. The Morgan fingerprint density at radius 3 is 2.76 bits per heavy atom. The monoisotopic (exact) mass is 357 g/mol. The third-order valence-corrected chi connectivity index (χ3v) is 3.86. The van der Waals surface area contributed by atoms with E-state index in [0.717, 1.165) is 42.3 Å². The van der Waals surface area contributed by atoms with Crippen LogP contribution in [0.4, 0.5) is 0 Å². The number of hydrogen-bond donors (Lipinski definition) is 2. The van der Waals surface area contributed by atoms with Crippen LogP contribution in [0.15, 0.2) is 28.7 Å². The fourth-order valence-corrected chi connectivity index (χ4v) is 2.15. The normalized spacial score (nSPS) is 15.9. The molecule has 0 aromatic heterocycles. The van der Waals surface area contributed by atoms with E-state index in [1.807, 2.05) is 24.3 Å². The number of halogens is 1. The highest BCUT2D eigenvalue weighted by molar-refractivity contribution is 9.10. The lowest BCUT2D eigenvalue weighted by Crippen LogP contribution is -2.32. The fraction of sp³-hybridized carbons (Fsp3) is 0.625. The minimum Gasteiger partial charge on any atom is -0.491 e. The van der Waals surface area contributed by atoms with Crippen LogP contribution in [0.5, 0.6) is 5.75 Å². The van der Waals surface area contributed by atoms with Crippen molar-refractivity contribution in [1.29, 1.82) is 0 Å². The summed E-state index contributed by atoms with van der Waals surface area (Å²) in [6.45, 7) is 3.42. The van der Waals surface area contributed by atoms with E-state index in [4.69, 9.17) is 9.47 Å². The fourth-order valence-electron chi connectivity index (χ4n) is 1.88. The SMILES string of the molecule is OC(CNCCCOCC1CC1)COc1ccc(Br)cc1. The van der Waals surface area contributed by atoms with Gasteiger partial charge in [-0.1, -0.05) is 15.9 Å². The lowest BCUT2D eigenvalue weighted by Gasteiger charge is -2.13. The van der Waals surface area contributed by atoms with E-state index < -0.39 is 6.10 Å². The highest BCUT2D eigenvalue weighted by atomic mass is 79.9. The maximum atomic E-state index is 9.82. The predicted octanol–water partition coefficient (Wildman–Crippen LogP) is 2.60. The third kappa shape index (κ3) is 7.81. The highest BCUT2D eigenvalue weighted by Gasteiger charge is 2.20. The Balaban J connectivity index is 1.43.